The van der Waals surface area contributed by atoms with Crippen LogP contribution in [0.4, 0.5) is 13.2 Å². The summed E-state index contributed by atoms with van der Waals surface area (Å²) in [6.45, 7) is 0.112. The summed E-state index contributed by atoms with van der Waals surface area (Å²) in [5.74, 6) is 0. The molecule has 1 aromatic rings. The molecule has 0 saturated carbocycles. The number of rotatable bonds is 1. The van der Waals surface area contributed by atoms with Gasteiger partial charge in [-0.2, -0.15) is 21.6 Å². The van der Waals surface area contributed by atoms with Gasteiger partial charge in [-0.15, -0.1) is 0 Å². The smallest absolute Gasteiger partial charge is 0.387 e. The van der Waals surface area contributed by atoms with E-state index in [0.29, 0.717) is 0 Å². The van der Waals surface area contributed by atoms with Crippen molar-refractivity contribution in [2.24, 2.45) is 0 Å². The Morgan fingerprint density at radius 1 is 1.18 bits per heavy atom. The van der Waals surface area contributed by atoms with Crippen molar-refractivity contribution in [3.63, 3.8) is 0 Å². The molecule has 0 unspecified atom stereocenters. The Bertz CT molecular complexity index is 436. The molecule has 0 aliphatic heterocycles. The highest BCUT2D eigenvalue weighted by Gasteiger charge is 2.24. The molecule has 98 valence electrons. The summed E-state index contributed by atoms with van der Waals surface area (Å²) in [6, 6.07) is 5.99. The van der Waals surface area contributed by atoms with E-state index in [1.165, 1.54) is 12.1 Å². The van der Waals surface area contributed by atoms with Gasteiger partial charge in [0.2, 0.25) is 0 Å². The minimum atomic E-state index is -4.40. The average Bonchev–Trinajstić information content (AvgIpc) is 2.17. The van der Waals surface area contributed by atoms with Crippen molar-refractivity contribution in [1.82, 2.24) is 0 Å². The van der Waals surface area contributed by atoms with Crippen LogP contribution in [0.5, 0.6) is 0 Å². The topological polar surface area (TPSA) is 74.6 Å². The van der Waals surface area contributed by atoms with Gasteiger partial charge in [0.05, 0.1) is 4.90 Å². The molecule has 4 nitrogen and oxygen atoms in total. The van der Waals surface area contributed by atoms with Crippen molar-refractivity contribution in [3.8, 4) is 0 Å². The molecule has 0 radical (unpaired) electrons. The second kappa shape index (κ2) is 5.99. The zero-order valence-corrected chi connectivity index (χ0v) is 9.59. The summed E-state index contributed by atoms with van der Waals surface area (Å²) in [7, 11) is -4.02. The lowest BCUT2D eigenvalue weighted by Crippen LogP contribution is -2.12. The second-order valence-corrected chi connectivity index (χ2v) is 4.48. The third kappa shape index (κ3) is 7.72. The van der Waals surface area contributed by atoms with E-state index in [4.69, 9.17) is 9.66 Å². The Hall–Kier alpha value is -1.12. The van der Waals surface area contributed by atoms with Crippen LogP contribution in [0.25, 0.3) is 0 Å². The fourth-order valence-corrected chi connectivity index (χ4v) is 1.19. The zero-order chi connectivity index (χ0) is 13.7. The normalized spacial score (nSPS) is 11.6. The first-order valence-electron chi connectivity index (χ1n) is 4.28. The van der Waals surface area contributed by atoms with Crippen molar-refractivity contribution in [2.45, 2.75) is 18.0 Å². The molecule has 0 atom stereocenters. The molecule has 0 bridgehead atoms. The molecule has 0 amide bonds. The van der Waals surface area contributed by atoms with E-state index in [2.05, 4.69) is 0 Å². The SMILES string of the molecule is Cc1ccc(S(=O)(=O)O)cc1.OCC(F)(F)F. The van der Waals surface area contributed by atoms with Gasteiger partial charge in [-0.1, -0.05) is 17.7 Å². The largest absolute Gasteiger partial charge is 0.411 e. The first-order chi connectivity index (χ1) is 7.56. The Kier molecular flexibility index (Phi) is 5.59. The van der Waals surface area contributed by atoms with Crippen LogP contribution in [0.2, 0.25) is 0 Å². The molecule has 2 N–H and O–H groups in total. The van der Waals surface area contributed by atoms with Crippen molar-refractivity contribution >= 4 is 10.1 Å². The molecule has 0 heterocycles. The number of hydrogen-bond acceptors (Lipinski definition) is 3. The second-order valence-electron chi connectivity index (χ2n) is 3.06. The summed E-state index contributed by atoms with van der Waals surface area (Å²) in [5.41, 5.74) is 0.956. The van der Waals surface area contributed by atoms with Crippen LogP contribution in [-0.4, -0.2) is 30.9 Å². The highest BCUT2D eigenvalue weighted by molar-refractivity contribution is 7.85. The monoisotopic (exact) mass is 272 g/mol. The third-order valence-corrected chi connectivity index (χ3v) is 2.37. The number of alkyl halides is 3. The van der Waals surface area contributed by atoms with Gasteiger partial charge in [-0.05, 0) is 19.1 Å². The molecule has 17 heavy (non-hydrogen) atoms. The number of benzene rings is 1. The van der Waals surface area contributed by atoms with Crippen LogP contribution < -0.4 is 0 Å². The lowest BCUT2D eigenvalue weighted by atomic mass is 10.2. The van der Waals surface area contributed by atoms with E-state index in [0.717, 1.165) is 5.56 Å². The third-order valence-electron chi connectivity index (χ3n) is 1.50. The molecule has 0 aliphatic carbocycles. The predicted molar refractivity (Wildman–Crippen MR) is 54.1 cm³/mol. The van der Waals surface area contributed by atoms with Gasteiger partial charge in [0.15, 0.2) is 0 Å². The van der Waals surface area contributed by atoms with Crippen molar-refractivity contribution in [2.75, 3.05) is 6.61 Å². The molecule has 0 saturated heterocycles. The summed E-state index contributed by atoms with van der Waals surface area (Å²) in [6.07, 6.45) is -4.40. The fraction of sp³-hybridized carbons (Fsp3) is 0.333. The van der Waals surface area contributed by atoms with Crippen LogP contribution in [0, 0.1) is 6.92 Å². The van der Waals surface area contributed by atoms with Gasteiger partial charge in [-0.3, -0.25) is 4.55 Å². The Morgan fingerprint density at radius 3 is 1.76 bits per heavy atom. The Labute approximate surface area is 96.5 Å². The molecule has 8 heteroatoms. The molecule has 1 aromatic carbocycles. The van der Waals surface area contributed by atoms with E-state index >= 15 is 0 Å². The molecular weight excluding hydrogens is 261 g/mol. The van der Waals surface area contributed by atoms with Gasteiger partial charge in [-0.25, -0.2) is 0 Å². The maximum absolute atomic E-state index is 10.5. The van der Waals surface area contributed by atoms with Crippen LogP contribution in [0.1, 0.15) is 5.56 Å². The summed E-state index contributed by atoms with van der Waals surface area (Å²) >= 11 is 0. The summed E-state index contributed by atoms with van der Waals surface area (Å²) in [5, 5.41) is 7.28. The number of halogens is 3. The van der Waals surface area contributed by atoms with Crippen LogP contribution in [0.3, 0.4) is 0 Å². The van der Waals surface area contributed by atoms with Gasteiger partial charge in [0.1, 0.15) is 6.61 Å². The maximum Gasteiger partial charge on any atom is 0.411 e. The summed E-state index contributed by atoms with van der Waals surface area (Å²) in [4.78, 5) is -0.0666. The molecule has 0 fully saturated rings. The molecular formula is C9H11F3O4S. The standard InChI is InChI=1S/C7H8O3S.C2H3F3O/c1-6-2-4-7(5-3-6)11(8,9)10;3-2(4,5)1-6/h2-5H,1H3,(H,8,9,10);6H,1H2. The molecule has 0 aliphatic rings. The van der Waals surface area contributed by atoms with E-state index < -0.39 is 22.9 Å². The van der Waals surface area contributed by atoms with Crippen LogP contribution >= 0.6 is 0 Å². The minimum Gasteiger partial charge on any atom is -0.387 e. The first kappa shape index (κ1) is 15.9. The van der Waals surface area contributed by atoms with Gasteiger partial charge in [0.25, 0.3) is 10.1 Å². The minimum absolute atomic E-state index is 0.0666. The van der Waals surface area contributed by atoms with Crippen molar-refractivity contribution < 1.29 is 31.2 Å². The zero-order valence-electron chi connectivity index (χ0n) is 8.77. The lowest BCUT2D eigenvalue weighted by molar-refractivity contribution is -0.159. The van der Waals surface area contributed by atoms with Crippen LogP contribution in [0.15, 0.2) is 29.2 Å². The fourth-order valence-electron chi connectivity index (χ4n) is 0.710. The van der Waals surface area contributed by atoms with E-state index in [1.807, 2.05) is 6.92 Å². The average molecular weight is 272 g/mol. The highest BCUT2D eigenvalue weighted by atomic mass is 32.2. The van der Waals surface area contributed by atoms with Gasteiger partial charge >= 0.3 is 6.18 Å². The molecule has 0 aromatic heterocycles. The quantitative estimate of drug-likeness (QED) is 0.764. The molecule has 1 rings (SSSR count). The Morgan fingerprint density at radius 2 is 1.53 bits per heavy atom. The van der Waals surface area contributed by atoms with Crippen LogP contribution in [-0.2, 0) is 10.1 Å². The highest BCUT2D eigenvalue weighted by Crippen LogP contribution is 2.11. The lowest BCUT2D eigenvalue weighted by Gasteiger charge is -1.95. The Balaban J connectivity index is 0.000000366. The molecule has 0 spiro atoms. The number of hydrogen-bond donors (Lipinski definition) is 2. The van der Waals surface area contributed by atoms with Crippen molar-refractivity contribution in [1.29, 1.82) is 0 Å². The van der Waals surface area contributed by atoms with E-state index in [1.54, 1.807) is 12.1 Å². The van der Waals surface area contributed by atoms with Gasteiger partial charge in [0, 0.05) is 0 Å². The number of aryl methyl sites for hydroxylation is 1. The summed E-state index contributed by atoms with van der Waals surface area (Å²) < 4.78 is 61.2. The van der Waals surface area contributed by atoms with Crippen molar-refractivity contribution in [3.05, 3.63) is 29.8 Å². The predicted octanol–water partition coefficient (Wildman–Crippen LogP) is 1.78. The number of aliphatic hydroxyl groups is 1. The van der Waals surface area contributed by atoms with E-state index in [-0.39, 0.29) is 4.90 Å². The van der Waals surface area contributed by atoms with Gasteiger partial charge < -0.3 is 5.11 Å². The maximum atomic E-state index is 10.5. The van der Waals surface area contributed by atoms with E-state index in [9.17, 15) is 21.6 Å². The first-order valence-corrected chi connectivity index (χ1v) is 5.72. The number of aliphatic hydroxyl groups excluding tert-OH is 1.